The van der Waals surface area contributed by atoms with Crippen LogP contribution in [0.2, 0.25) is 0 Å². The zero-order chi connectivity index (χ0) is 45.6. The summed E-state index contributed by atoms with van der Waals surface area (Å²) in [6, 6.07) is 30.9. The van der Waals surface area contributed by atoms with E-state index in [4.69, 9.17) is 14.2 Å². The predicted octanol–water partition coefficient (Wildman–Crippen LogP) is 14.7. The molecule has 0 heterocycles. The highest BCUT2D eigenvalue weighted by atomic mass is 16.5. The van der Waals surface area contributed by atoms with E-state index < -0.39 is 0 Å². The van der Waals surface area contributed by atoms with E-state index in [9.17, 15) is 14.4 Å². The molecule has 352 valence electrons. The van der Waals surface area contributed by atoms with Crippen molar-refractivity contribution in [1.82, 2.24) is 0 Å². The van der Waals surface area contributed by atoms with Gasteiger partial charge in [-0.3, -0.25) is 0 Å². The molecule has 0 saturated heterocycles. The Morgan fingerprint density at radius 2 is 0.815 bits per heavy atom. The summed E-state index contributed by atoms with van der Waals surface area (Å²) >= 11 is 0. The van der Waals surface area contributed by atoms with Gasteiger partial charge in [0.15, 0.2) is 0 Å². The van der Waals surface area contributed by atoms with Crippen LogP contribution in [0.1, 0.15) is 167 Å². The quantitative estimate of drug-likeness (QED) is 0.141. The first kappa shape index (κ1) is 51.3. The molecule has 0 aliphatic heterocycles. The first-order chi connectivity index (χ1) is 30.9. The Balaban J connectivity index is 0.000000186. The van der Waals surface area contributed by atoms with E-state index in [0.29, 0.717) is 42.1 Å². The topological polar surface area (TPSA) is 78.9 Å². The van der Waals surface area contributed by atoms with Gasteiger partial charge in [0.25, 0.3) is 0 Å². The fourth-order valence-electron chi connectivity index (χ4n) is 11.0. The number of allylic oxidation sites excluding steroid dienone is 3. The van der Waals surface area contributed by atoms with Gasteiger partial charge in [0.2, 0.25) is 0 Å². The lowest BCUT2D eigenvalue weighted by Crippen LogP contribution is -2.36. The minimum Gasteiger partial charge on any atom is -0.463 e. The SMILES string of the molecule is C.CC(C)[C@@H]1CC[C@@H](C)C[C@H]1OC(=O)C1=CCC[C@@H]1c1ccccc1.CC(C)[C@@H]1CC[C@@H](C)C[C@H]1OC(=O)C1=CCC[C@H]1c1ccccc1.CCOC(=O)C1=CCCC1c1ccccc1. The van der Waals surface area contributed by atoms with Crippen LogP contribution in [-0.4, -0.2) is 36.7 Å². The van der Waals surface area contributed by atoms with E-state index in [0.717, 1.165) is 68.1 Å². The third kappa shape index (κ3) is 13.9. The van der Waals surface area contributed by atoms with Crippen LogP contribution in [0, 0.1) is 35.5 Å². The number of benzene rings is 3. The summed E-state index contributed by atoms with van der Waals surface area (Å²) in [4.78, 5) is 37.5. The Morgan fingerprint density at radius 1 is 0.492 bits per heavy atom. The summed E-state index contributed by atoms with van der Waals surface area (Å²) in [6.45, 7) is 15.8. The Labute approximate surface area is 392 Å². The van der Waals surface area contributed by atoms with Gasteiger partial charge in [-0.2, -0.15) is 0 Å². The van der Waals surface area contributed by atoms with Crippen LogP contribution in [0.5, 0.6) is 0 Å². The molecule has 5 aliphatic rings. The number of esters is 3. The zero-order valence-corrected chi connectivity index (χ0v) is 39.9. The maximum Gasteiger partial charge on any atom is 0.334 e. The van der Waals surface area contributed by atoms with Gasteiger partial charge in [-0.15, -0.1) is 0 Å². The summed E-state index contributed by atoms with van der Waals surface area (Å²) in [5.41, 5.74) is 6.25. The normalized spacial score (nSPS) is 27.1. The first-order valence-corrected chi connectivity index (χ1v) is 24.8. The summed E-state index contributed by atoms with van der Waals surface area (Å²) in [6.07, 6.45) is 19.2. The van der Waals surface area contributed by atoms with Gasteiger partial charge in [0.05, 0.1) is 6.61 Å². The highest BCUT2D eigenvalue weighted by Gasteiger charge is 2.38. The molecule has 3 aromatic carbocycles. The molecule has 0 aromatic heterocycles. The second kappa shape index (κ2) is 25.3. The molecule has 2 fully saturated rings. The Morgan fingerprint density at radius 3 is 1.12 bits per heavy atom. The molecule has 1 unspecified atom stereocenters. The summed E-state index contributed by atoms with van der Waals surface area (Å²) in [7, 11) is 0. The molecule has 5 aliphatic carbocycles. The molecule has 0 amide bonds. The van der Waals surface area contributed by atoms with Crippen LogP contribution in [0.3, 0.4) is 0 Å². The average molecular weight is 885 g/mol. The lowest BCUT2D eigenvalue weighted by Gasteiger charge is -2.37. The minimum absolute atomic E-state index is 0. The van der Waals surface area contributed by atoms with Gasteiger partial charge < -0.3 is 14.2 Å². The van der Waals surface area contributed by atoms with Gasteiger partial charge in [-0.1, -0.05) is 171 Å². The Bertz CT molecular complexity index is 1920. The van der Waals surface area contributed by atoms with Crippen LogP contribution >= 0.6 is 0 Å². The molecule has 0 bridgehead atoms. The minimum atomic E-state index is -0.158. The number of hydrogen-bond donors (Lipinski definition) is 0. The van der Waals surface area contributed by atoms with Gasteiger partial charge in [0.1, 0.15) is 12.2 Å². The van der Waals surface area contributed by atoms with Gasteiger partial charge in [-0.25, -0.2) is 14.4 Å². The van der Waals surface area contributed by atoms with Gasteiger partial charge in [-0.05, 0) is 123 Å². The van der Waals surface area contributed by atoms with Crippen molar-refractivity contribution in [2.24, 2.45) is 35.5 Å². The van der Waals surface area contributed by atoms with E-state index in [1.165, 1.54) is 42.4 Å². The van der Waals surface area contributed by atoms with Crippen LogP contribution in [-0.2, 0) is 28.6 Å². The number of hydrogen-bond acceptors (Lipinski definition) is 6. The number of carbonyl (C=O) groups is 3. The zero-order valence-electron chi connectivity index (χ0n) is 39.9. The fourth-order valence-corrected chi connectivity index (χ4v) is 11.0. The van der Waals surface area contributed by atoms with Crippen LogP contribution in [0.4, 0.5) is 0 Å². The maximum atomic E-state index is 12.9. The van der Waals surface area contributed by atoms with Crippen molar-refractivity contribution in [2.45, 2.75) is 163 Å². The van der Waals surface area contributed by atoms with Crippen molar-refractivity contribution < 1.29 is 28.6 Å². The van der Waals surface area contributed by atoms with E-state index in [1.807, 2.05) is 67.6 Å². The van der Waals surface area contributed by atoms with Crippen molar-refractivity contribution in [2.75, 3.05) is 6.61 Å². The molecule has 0 radical (unpaired) electrons. The molecule has 6 heteroatoms. The van der Waals surface area contributed by atoms with Gasteiger partial charge >= 0.3 is 17.9 Å². The van der Waals surface area contributed by atoms with Crippen LogP contribution < -0.4 is 0 Å². The van der Waals surface area contributed by atoms with Crippen LogP contribution in [0.25, 0.3) is 0 Å². The lowest BCUT2D eigenvalue weighted by molar-refractivity contribution is -0.152. The van der Waals surface area contributed by atoms with Crippen molar-refractivity contribution in [3.05, 3.63) is 143 Å². The van der Waals surface area contributed by atoms with E-state index in [2.05, 4.69) is 90.1 Å². The molecule has 8 rings (SSSR count). The number of rotatable bonds is 11. The highest BCUT2D eigenvalue weighted by molar-refractivity contribution is 5.92. The summed E-state index contributed by atoms with van der Waals surface area (Å²) in [5.74, 6) is 3.77. The third-order valence-electron chi connectivity index (χ3n) is 14.6. The lowest BCUT2D eigenvalue weighted by atomic mass is 9.75. The molecule has 9 atom stereocenters. The van der Waals surface area contributed by atoms with Crippen molar-refractivity contribution in [1.29, 1.82) is 0 Å². The maximum absolute atomic E-state index is 12.9. The Hall–Kier alpha value is -4.71. The average Bonchev–Trinajstić information content (AvgIpc) is 4.10. The third-order valence-corrected chi connectivity index (χ3v) is 14.6. The molecule has 0 spiro atoms. The summed E-state index contributed by atoms with van der Waals surface area (Å²) in [5, 5.41) is 0. The van der Waals surface area contributed by atoms with Crippen LogP contribution in [0.15, 0.2) is 126 Å². The van der Waals surface area contributed by atoms with E-state index in [-0.39, 0.29) is 55.3 Å². The smallest absolute Gasteiger partial charge is 0.334 e. The molecule has 3 aromatic rings. The number of ether oxygens (including phenoxy) is 3. The van der Waals surface area contributed by atoms with E-state index >= 15 is 0 Å². The monoisotopic (exact) mass is 885 g/mol. The largest absolute Gasteiger partial charge is 0.463 e. The fraction of sp³-hybridized carbons (Fsp3) is 0.542. The number of carbonyl (C=O) groups excluding carboxylic acids is 3. The van der Waals surface area contributed by atoms with Crippen molar-refractivity contribution in [3.8, 4) is 0 Å². The van der Waals surface area contributed by atoms with E-state index in [1.54, 1.807) is 0 Å². The first-order valence-electron chi connectivity index (χ1n) is 24.8. The molecule has 0 N–H and O–H groups in total. The van der Waals surface area contributed by atoms with Crippen molar-refractivity contribution in [3.63, 3.8) is 0 Å². The van der Waals surface area contributed by atoms with Crippen molar-refractivity contribution >= 4 is 17.9 Å². The molecule has 2 saturated carbocycles. The molecular weight excluding hydrogens is 805 g/mol. The summed E-state index contributed by atoms with van der Waals surface area (Å²) < 4.78 is 17.2. The molecule has 6 nitrogen and oxygen atoms in total. The second-order valence-electron chi connectivity index (χ2n) is 19.9. The second-order valence-corrected chi connectivity index (χ2v) is 19.9. The highest BCUT2D eigenvalue weighted by Crippen LogP contribution is 2.41. The molecular formula is C59H80O6. The Kier molecular flexibility index (Phi) is 19.9. The predicted molar refractivity (Wildman–Crippen MR) is 265 cm³/mol. The standard InChI is InChI=1S/2C22H30O2.C14H16O2.CH4/c2*1-15(2)18-13-12-16(3)14-21(18)24-22(23)20-11-7-10-19(20)17-8-5-4-6-9-17;1-2-16-14(15)13-10-6-9-12(13)11-7-4-3-5-8-11;/h2*4-6,8-9,11,15-16,18-19,21H,7,10,12-14H2,1-3H3;3-5,7-8,10,12H,2,6,9H2,1H3;1H4/t16-,18+,19+,21-;16-,18+,19-,21-;;/m11../s1. The van der Waals surface area contributed by atoms with Gasteiger partial charge in [0, 0.05) is 34.5 Å². The molecule has 65 heavy (non-hydrogen) atoms.